The minimum absolute atomic E-state index is 0.0597. The third-order valence-corrected chi connectivity index (χ3v) is 5.81. The monoisotopic (exact) mass is 414 g/mol. The number of rotatable bonds is 6. The van der Waals surface area contributed by atoms with Crippen LogP contribution in [0, 0.1) is 5.92 Å². The van der Waals surface area contributed by atoms with E-state index in [0.29, 0.717) is 19.0 Å². The number of ether oxygens (including phenoxy) is 1. The van der Waals surface area contributed by atoms with Gasteiger partial charge in [0, 0.05) is 31.1 Å². The first-order chi connectivity index (χ1) is 14.1. The van der Waals surface area contributed by atoms with Crippen LogP contribution in [-0.2, 0) is 9.53 Å². The molecule has 1 aliphatic heterocycles. The number of carboxylic acids is 1. The number of piperidine rings is 1. The largest absolute Gasteiger partial charge is 0.480 e. The van der Waals surface area contributed by atoms with Crippen molar-refractivity contribution in [2.75, 3.05) is 19.6 Å². The highest BCUT2D eigenvalue weighted by atomic mass is 16.6. The molecule has 1 saturated heterocycles. The molecule has 1 aromatic rings. The first-order valence-corrected chi connectivity index (χ1v) is 10.8. The summed E-state index contributed by atoms with van der Waals surface area (Å²) in [6, 6.07) is 10.5. The van der Waals surface area contributed by atoms with Gasteiger partial charge in [0.1, 0.15) is 5.60 Å². The highest BCUT2D eigenvalue weighted by molar-refractivity contribution is 5.70. The molecular weight excluding hydrogens is 380 g/mol. The lowest BCUT2D eigenvalue weighted by atomic mass is 10.0. The van der Waals surface area contributed by atoms with Gasteiger partial charge in [-0.05, 0) is 52.5 Å². The quantitative estimate of drug-likeness (QED) is 0.753. The third kappa shape index (κ3) is 6.08. The van der Waals surface area contributed by atoms with E-state index in [0.717, 1.165) is 19.3 Å². The van der Waals surface area contributed by atoms with Crippen LogP contribution < -0.4 is 0 Å². The summed E-state index contributed by atoms with van der Waals surface area (Å²) in [4.78, 5) is 28.0. The molecule has 1 amide bonds. The predicted octanol–water partition coefficient (Wildman–Crippen LogP) is 4.26. The highest BCUT2D eigenvalue weighted by Gasteiger charge is 2.48. The number of benzene rings is 1. The van der Waals surface area contributed by atoms with Crippen molar-refractivity contribution >= 4 is 18.1 Å². The fraction of sp³-hybridized carbons (Fsp3) is 0.583. The van der Waals surface area contributed by atoms with Crippen LogP contribution in [0.4, 0.5) is 4.79 Å². The van der Waals surface area contributed by atoms with Crippen molar-refractivity contribution in [1.29, 1.82) is 0 Å². The van der Waals surface area contributed by atoms with Crippen molar-refractivity contribution in [2.24, 2.45) is 5.92 Å². The maximum atomic E-state index is 13.1. The Morgan fingerprint density at radius 2 is 1.83 bits per heavy atom. The van der Waals surface area contributed by atoms with Gasteiger partial charge in [0.05, 0.1) is 6.54 Å². The van der Waals surface area contributed by atoms with Crippen LogP contribution in [0.2, 0.25) is 0 Å². The zero-order chi connectivity index (χ0) is 21.9. The lowest BCUT2D eigenvalue weighted by Gasteiger charge is -2.39. The maximum absolute atomic E-state index is 13.1. The average molecular weight is 415 g/mol. The fourth-order valence-corrected chi connectivity index (χ4v) is 4.31. The van der Waals surface area contributed by atoms with Crippen molar-refractivity contribution in [3.63, 3.8) is 0 Å². The molecule has 6 heteroatoms. The molecule has 30 heavy (non-hydrogen) atoms. The van der Waals surface area contributed by atoms with Crippen LogP contribution in [0.15, 0.2) is 35.9 Å². The number of carbonyl (C=O) groups excluding carboxylic acids is 1. The zero-order valence-electron chi connectivity index (χ0n) is 18.5. The second-order valence-corrected chi connectivity index (χ2v) is 9.50. The molecule has 0 radical (unpaired) electrons. The molecule has 1 saturated carbocycles. The van der Waals surface area contributed by atoms with Crippen molar-refractivity contribution < 1.29 is 19.4 Å². The molecule has 1 aromatic carbocycles. The molecule has 0 bridgehead atoms. The van der Waals surface area contributed by atoms with Crippen molar-refractivity contribution in [3.8, 4) is 0 Å². The SMILES string of the molecule is CC(=Cc1ccccc1)[C@@H]1C[C@H]1N(C(=O)OC(C)(C)C)C1CCN(CC(=O)O)CC1. The molecule has 6 nitrogen and oxygen atoms in total. The van der Waals surface area contributed by atoms with E-state index in [1.54, 1.807) is 0 Å². The number of aliphatic carboxylic acids is 1. The van der Waals surface area contributed by atoms with Gasteiger partial charge in [-0.2, -0.15) is 0 Å². The van der Waals surface area contributed by atoms with Crippen molar-refractivity contribution in [2.45, 2.75) is 64.6 Å². The van der Waals surface area contributed by atoms with Crippen LogP contribution in [0.5, 0.6) is 0 Å². The van der Waals surface area contributed by atoms with E-state index in [1.807, 2.05) is 48.8 Å². The molecule has 1 N–H and O–H groups in total. The second-order valence-electron chi connectivity index (χ2n) is 9.50. The van der Waals surface area contributed by atoms with Crippen LogP contribution >= 0.6 is 0 Å². The lowest BCUT2D eigenvalue weighted by molar-refractivity contribution is -0.138. The molecule has 2 atom stereocenters. The minimum Gasteiger partial charge on any atom is -0.480 e. The molecule has 1 aliphatic carbocycles. The Bertz CT molecular complexity index is 776. The van der Waals surface area contributed by atoms with E-state index >= 15 is 0 Å². The normalized spacial score (nSPS) is 23.1. The topological polar surface area (TPSA) is 70.1 Å². The van der Waals surface area contributed by atoms with Crippen LogP contribution in [0.1, 0.15) is 52.5 Å². The number of nitrogens with zero attached hydrogens (tertiary/aromatic N) is 2. The van der Waals surface area contributed by atoms with Crippen molar-refractivity contribution in [3.05, 3.63) is 41.5 Å². The smallest absolute Gasteiger partial charge is 0.410 e. The van der Waals surface area contributed by atoms with E-state index < -0.39 is 11.6 Å². The van der Waals surface area contributed by atoms with Gasteiger partial charge >= 0.3 is 12.1 Å². The van der Waals surface area contributed by atoms with Gasteiger partial charge in [0.2, 0.25) is 0 Å². The summed E-state index contributed by atoms with van der Waals surface area (Å²) in [5.74, 6) is -0.462. The molecule has 164 valence electrons. The van der Waals surface area contributed by atoms with E-state index in [2.05, 4.69) is 25.1 Å². The van der Waals surface area contributed by atoms with Crippen LogP contribution in [0.3, 0.4) is 0 Å². The Kier molecular flexibility index (Phi) is 6.86. The standard InChI is InChI=1S/C24H34N2O4/c1-17(14-18-8-6-5-7-9-18)20-15-21(20)26(23(29)30-24(2,3)4)19-10-12-25(13-11-19)16-22(27)28/h5-9,14,19-21H,10-13,15-16H2,1-4H3,(H,27,28)/t20-,21+/m0/s1. The molecule has 2 fully saturated rings. The summed E-state index contributed by atoms with van der Waals surface area (Å²) >= 11 is 0. The van der Waals surface area contributed by atoms with Gasteiger partial charge < -0.3 is 14.7 Å². The Hall–Kier alpha value is -2.34. The van der Waals surface area contributed by atoms with E-state index in [-0.39, 0.29) is 24.7 Å². The maximum Gasteiger partial charge on any atom is 0.410 e. The third-order valence-electron chi connectivity index (χ3n) is 5.81. The number of carbonyl (C=O) groups is 2. The number of likely N-dealkylation sites (tertiary alicyclic amines) is 1. The number of carboxylic acid groups (broad SMARTS) is 1. The van der Waals surface area contributed by atoms with Gasteiger partial charge in [0.15, 0.2) is 0 Å². The average Bonchev–Trinajstić information content (AvgIpc) is 3.43. The molecule has 2 aliphatic rings. The molecular formula is C24H34N2O4. The van der Waals surface area contributed by atoms with Gasteiger partial charge in [0.25, 0.3) is 0 Å². The first kappa shape index (κ1) is 22.3. The molecule has 1 heterocycles. The Morgan fingerprint density at radius 3 is 2.40 bits per heavy atom. The van der Waals surface area contributed by atoms with Crippen LogP contribution in [0.25, 0.3) is 6.08 Å². The lowest BCUT2D eigenvalue weighted by Crippen LogP contribution is -2.50. The van der Waals surface area contributed by atoms with E-state index in [4.69, 9.17) is 9.84 Å². The van der Waals surface area contributed by atoms with Gasteiger partial charge in [-0.3, -0.25) is 9.69 Å². The fourth-order valence-electron chi connectivity index (χ4n) is 4.31. The molecule has 0 unspecified atom stereocenters. The summed E-state index contributed by atoms with van der Waals surface area (Å²) in [6.45, 7) is 9.25. The summed E-state index contributed by atoms with van der Waals surface area (Å²) in [5.41, 5.74) is 1.91. The van der Waals surface area contributed by atoms with Gasteiger partial charge in [-0.25, -0.2) is 4.79 Å². The van der Waals surface area contributed by atoms with Crippen LogP contribution in [-0.4, -0.2) is 64.3 Å². The Labute approximate surface area is 179 Å². The van der Waals surface area contributed by atoms with E-state index in [9.17, 15) is 9.59 Å². The van der Waals surface area contributed by atoms with Gasteiger partial charge in [-0.1, -0.05) is 42.0 Å². The second kappa shape index (κ2) is 9.21. The number of hydrogen-bond acceptors (Lipinski definition) is 4. The molecule has 0 spiro atoms. The number of hydrogen-bond donors (Lipinski definition) is 1. The Balaban J connectivity index is 1.71. The first-order valence-electron chi connectivity index (χ1n) is 10.8. The summed E-state index contributed by atoms with van der Waals surface area (Å²) in [7, 11) is 0. The Morgan fingerprint density at radius 1 is 1.20 bits per heavy atom. The van der Waals surface area contributed by atoms with E-state index in [1.165, 1.54) is 11.1 Å². The summed E-state index contributed by atoms with van der Waals surface area (Å²) in [6.07, 6.45) is 4.45. The molecule has 0 aromatic heterocycles. The van der Waals surface area contributed by atoms with Gasteiger partial charge in [-0.15, -0.1) is 0 Å². The van der Waals surface area contributed by atoms with Crippen molar-refractivity contribution in [1.82, 2.24) is 9.80 Å². The highest BCUT2D eigenvalue weighted by Crippen LogP contribution is 2.44. The number of amides is 1. The summed E-state index contributed by atoms with van der Waals surface area (Å²) in [5, 5.41) is 9.04. The predicted molar refractivity (Wildman–Crippen MR) is 117 cm³/mol. The molecule has 3 rings (SSSR count). The zero-order valence-corrected chi connectivity index (χ0v) is 18.5. The summed E-state index contributed by atoms with van der Waals surface area (Å²) < 4.78 is 5.75. The minimum atomic E-state index is -0.804.